The molecule has 0 saturated carbocycles. The zero-order valence-electron chi connectivity index (χ0n) is 13.7. The first-order chi connectivity index (χ1) is 12.1. The molecule has 0 radical (unpaired) electrons. The largest absolute Gasteiger partial charge is 0.468 e. The van der Waals surface area contributed by atoms with Gasteiger partial charge in [0, 0.05) is 17.3 Å². The number of esters is 1. The zero-order valence-corrected chi connectivity index (χ0v) is 13.7. The molecule has 25 heavy (non-hydrogen) atoms. The molecule has 0 fully saturated rings. The molecule has 0 spiro atoms. The number of ether oxygens (including phenoxy) is 1. The van der Waals surface area contributed by atoms with Crippen molar-refractivity contribution in [1.82, 2.24) is 5.32 Å². The monoisotopic (exact) mass is 338 g/mol. The summed E-state index contributed by atoms with van der Waals surface area (Å²) in [4.78, 5) is 34.7. The predicted molar refractivity (Wildman–Crippen MR) is 94.9 cm³/mol. The van der Waals surface area contributed by atoms with Gasteiger partial charge in [0.25, 0.3) is 5.91 Å². The maximum Gasteiger partial charge on any atom is 0.325 e. The van der Waals surface area contributed by atoms with Gasteiger partial charge in [0.1, 0.15) is 6.54 Å². The van der Waals surface area contributed by atoms with Crippen molar-refractivity contribution in [2.75, 3.05) is 19.0 Å². The Morgan fingerprint density at radius 2 is 1.68 bits per heavy atom. The van der Waals surface area contributed by atoms with E-state index in [1.807, 2.05) is 30.3 Å². The second kappa shape index (κ2) is 9.02. The number of nitrogens with one attached hydrogen (secondary N) is 2. The number of amides is 2. The second-order valence-corrected chi connectivity index (χ2v) is 5.07. The maximum atomic E-state index is 11.9. The normalized spacial score (nSPS) is 10.3. The van der Waals surface area contributed by atoms with Crippen molar-refractivity contribution < 1.29 is 19.1 Å². The summed E-state index contributed by atoms with van der Waals surface area (Å²) in [5.41, 5.74) is 1.87. The van der Waals surface area contributed by atoms with Gasteiger partial charge in [0.2, 0.25) is 5.91 Å². The third-order valence-corrected chi connectivity index (χ3v) is 3.26. The minimum Gasteiger partial charge on any atom is -0.468 e. The molecule has 2 N–H and O–H groups in total. The fourth-order valence-corrected chi connectivity index (χ4v) is 1.95. The van der Waals surface area contributed by atoms with Crippen molar-refractivity contribution in [3.05, 3.63) is 71.8 Å². The Balaban J connectivity index is 1.89. The fraction of sp³-hybridized carbons (Fsp3) is 0.105. The first kappa shape index (κ1) is 17.9. The molecule has 0 unspecified atom stereocenters. The Kier molecular flexibility index (Phi) is 6.47. The number of carbonyl (C=O) groups is 3. The average Bonchev–Trinajstić information content (AvgIpc) is 2.65. The molecule has 0 aliphatic carbocycles. The minimum atomic E-state index is -0.526. The SMILES string of the molecule is COC(=O)CNC(=O)c1ccc(NC(=O)/C=C/c2ccccc2)cc1. The third-order valence-electron chi connectivity index (χ3n) is 3.26. The van der Waals surface area contributed by atoms with Crippen LogP contribution in [0, 0.1) is 0 Å². The molecule has 0 saturated heterocycles. The van der Waals surface area contributed by atoms with Gasteiger partial charge >= 0.3 is 5.97 Å². The van der Waals surface area contributed by atoms with E-state index >= 15 is 0 Å². The Morgan fingerprint density at radius 1 is 1.00 bits per heavy atom. The molecule has 2 aromatic rings. The molecule has 6 nitrogen and oxygen atoms in total. The van der Waals surface area contributed by atoms with Crippen LogP contribution < -0.4 is 10.6 Å². The van der Waals surface area contributed by atoms with Gasteiger partial charge in [-0.2, -0.15) is 0 Å². The minimum absolute atomic E-state index is 0.196. The van der Waals surface area contributed by atoms with Crippen molar-refractivity contribution in [3.63, 3.8) is 0 Å². The summed E-state index contributed by atoms with van der Waals surface area (Å²) in [5.74, 6) is -1.19. The van der Waals surface area contributed by atoms with E-state index in [1.54, 1.807) is 30.3 Å². The van der Waals surface area contributed by atoms with E-state index in [0.717, 1.165) is 5.56 Å². The molecule has 2 rings (SSSR count). The average molecular weight is 338 g/mol. The lowest BCUT2D eigenvalue weighted by molar-refractivity contribution is -0.139. The number of rotatable bonds is 6. The molecule has 2 amide bonds. The predicted octanol–water partition coefficient (Wildman–Crippen LogP) is 2.24. The van der Waals surface area contributed by atoms with Crippen molar-refractivity contribution in [1.29, 1.82) is 0 Å². The van der Waals surface area contributed by atoms with Crippen LogP contribution >= 0.6 is 0 Å². The molecule has 0 aromatic heterocycles. The van der Waals surface area contributed by atoms with E-state index in [2.05, 4.69) is 15.4 Å². The summed E-state index contributed by atoms with van der Waals surface area (Å²) >= 11 is 0. The summed E-state index contributed by atoms with van der Waals surface area (Å²) in [5, 5.41) is 5.14. The topological polar surface area (TPSA) is 84.5 Å². The van der Waals surface area contributed by atoms with E-state index in [9.17, 15) is 14.4 Å². The van der Waals surface area contributed by atoms with E-state index < -0.39 is 11.9 Å². The first-order valence-corrected chi connectivity index (χ1v) is 7.57. The third kappa shape index (κ3) is 5.95. The lowest BCUT2D eigenvalue weighted by atomic mass is 10.2. The van der Waals surface area contributed by atoms with Crippen molar-refractivity contribution >= 4 is 29.5 Å². The molecule has 0 aliphatic heterocycles. The fourth-order valence-electron chi connectivity index (χ4n) is 1.95. The summed E-state index contributed by atoms with van der Waals surface area (Å²) in [7, 11) is 1.25. The van der Waals surface area contributed by atoms with Gasteiger partial charge in [-0.25, -0.2) is 0 Å². The highest BCUT2D eigenvalue weighted by Gasteiger charge is 2.08. The van der Waals surface area contributed by atoms with E-state index in [4.69, 9.17) is 0 Å². The molecule has 0 atom stereocenters. The Bertz CT molecular complexity index is 768. The van der Waals surface area contributed by atoms with Crippen LogP contribution in [0.15, 0.2) is 60.7 Å². The molecule has 128 valence electrons. The van der Waals surface area contributed by atoms with Gasteiger partial charge in [-0.15, -0.1) is 0 Å². The maximum absolute atomic E-state index is 11.9. The van der Waals surface area contributed by atoms with Crippen LogP contribution in [0.5, 0.6) is 0 Å². The van der Waals surface area contributed by atoms with Gasteiger partial charge in [0.05, 0.1) is 7.11 Å². The van der Waals surface area contributed by atoms with Crippen LogP contribution in [0.2, 0.25) is 0 Å². The molecule has 0 aliphatic rings. The van der Waals surface area contributed by atoms with Crippen LogP contribution in [0.1, 0.15) is 15.9 Å². The van der Waals surface area contributed by atoms with E-state index in [1.165, 1.54) is 13.2 Å². The summed E-state index contributed by atoms with van der Waals surface area (Å²) in [6, 6.07) is 15.8. The van der Waals surface area contributed by atoms with Gasteiger partial charge < -0.3 is 15.4 Å². The number of methoxy groups -OCH3 is 1. The number of anilines is 1. The summed E-state index contributed by atoms with van der Waals surface area (Å²) < 4.78 is 4.45. The molecule has 0 bridgehead atoms. The van der Waals surface area contributed by atoms with Crippen LogP contribution in [-0.2, 0) is 14.3 Å². The van der Waals surface area contributed by atoms with E-state index in [0.29, 0.717) is 11.3 Å². The first-order valence-electron chi connectivity index (χ1n) is 7.57. The molecular formula is C19H18N2O4. The smallest absolute Gasteiger partial charge is 0.325 e. The number of carbonyl (C=O) groups excluding carboxylic acids is 3. The van der Waals surface area contributed by atoms with Crippen LogP contribution in [-0.4, -0.2) is 31.4 Å². The Labute approximate surface area is 145 Å². The lowest BCUT2D eigenvalue weighted by Crippen LogP contribution is -2.30. The highest BCUT2D eigenvalue weighted by atomic mass is 16.5. The Hall–Kier alpha value is -3.41. The zero-order chi connectivity index (χ0) is 18.1. The molecular weight excluding hydrogens is 320 g/mol. The van der Waals surface area contributed by atoms with Crippen LogP contribution in [0.3, 0.4) is 0 Å². The Morgan fingerprint density at radius 3 is 2.32 bits per heavy atom. The highest BCUT2D eigenvalue weighted by Crippen LogP contribution is 2.10. The van der Waals surface area contributed by atoms with Gasteiger partial charge in [-0.3, -0.25) is 14.4 Å². The standard InChI is InChI=1S/C19H18N2O4/c1-25-18(23)13-20-19(24)15-8-10-16(11-9-15)21-17(22)12-7-14-5-3-2-4-6-14/h2-12H,13H2,1H3,(H,20,24)(H,21,22)/b12-7+. The summed E-state index contributed by atoms with van der Waals surface area (Å²) in [6.07, 6.45) is 3.15. The van der Waals surface area contributed by atoms with Crippen molar-refractivity contribution in [2.45, 2.75) is 0 Å². The number of benzene rings is 2. The van der Waals surface area contributed by atoms with E-state index in [-0.39, 0.29) is 12.5 Å². The van der Waals surface area contributed by atoms with Gasteiger partial charge in [0.15, 0.2) is 0 Å². The van der Waals surface area contributed by atoms with Crippen molar-refractivity contribution in [3.8, 4) is 0 Å². The molecule has 6 heteroatoms. The lowest BCUT2D eigenvalue weighted by Gasteiger charge is -2.06. The highest BCUT2D eigenvalue weighted by molar-refractivity contribution is 6.02. The van der Waals surface area contributed by atoms with Crippen LogP contribution in [0.4, 0.5) is 5.69 Å². The second-order valence-electron chi connectivity index (χ2n) is 5.07. The molecule has 2 aromatic carbocycles. The molecule has 0 heterocycles. The number of hydrogen-bond acceptors (Lipinski definition) is 4. The van der Waals surface area contributed by atoms with Gasteiger partial charge in [-0.05, 0) is 35.9 Å². The summed E-state index contributed by atoms with van der Waals surface area (Å²) in [6.45, 7) is -0.196. The van der Waals surface area contributed by atoms with Gasteiger partial charge in [-0.1, -0.05) is 30.3 Å². The van der Waals surface area contributed by atoms with Crippen LogP contribution in [0.25, 0.3) is 6.08 Å². The quantitative estimate of drug-likeness (QED) is 0.625. The number of hydrogen-bond donors (Lipinski definition) is 2. The van der Waals surface area contributed by atoms with Crippen molar-refractivity contribution in [2.24, 2.45) is 0 Å².